The number of nitrogens with two attached hydrogens (primary N) is 1. The van der Waals surface area contributed by atoms with Gasteiger partial charge in [-0.05, 0) is 12.5 Å². The molecule has 0 radical (unpaired) electrons. The van der Waals surface area contributed by atoms with Crippen molar-refractivity contribution < 1.29 is 0 Å². The molecule has 1 nitrogen and oxygen atoms in total. The number of benzene rings is 1. The van der Waals surface area contributed by atoms with Crippen LogP contribution in [0.4, 0.5) is 0 Å². The maximum Gasteiger partial charge on any atom is 0.0585 e. The molecule has 0 fully saturated rings. The smallest absolute Gasteiger partial charge is 0.0585 e. The van der Waals surface area contributed by atoms with Crippen molar-refractivity contribution in [3.05, 3.63) is 47.0 Å². The quantitative estimate of drug-likeness (QED) is 0.772. The largest absolute Gasteiger partial charge is 0.394 e. The predicted octanol–water partition coefficient (Wildman–Crippen LogP) is 2.66. The molecular formula is C10H13NS. The van der Waals surface area contributed by atoms with Crippen LogP contribution in [0.15, 0.2) is 35.9 Å². The van der Waals surface area contributed by atoms with Gasteiger partial charge in [-0.15, -0.1) is 11.8 Å². The Morgan fingerprint density at radius 3 is 2.50 bits per heavy atom. The van der Waals surface area contributed by atoms with Gasteiger partial charge in [0.1, 0.15) is 0 Å². The van der Waals surface area contributed by atoms with Gasteiger partial charge >= 0.3 is 0 Å². The lowest BCUT2D eigenvalue weighted by Crippen LogP contribution is -1.89. The third-order valence-corrected chi connectivity index (χ3v) is 2.39. The minimum absolute atomic E-state index is 0.676. The molecular weight excluding hydrogens is 166 g/mol. The van der Waals surface area contributed by atoms with Gasteiger partial charge < -0.3 is 5.73 Å². The van der Waals surface area contributed by atoms with E-state index in [0.29, 0.717) is 5.03 Å². The average molecular weight is 179 g/mol. The van der Waals surface area contributed by atoms with E-state index < -0.39 is 0 Å². The maximum absolute atomic E-state index is 5.44. The fourth-order valence-electron chi connectivity index (χ4n) is 0.860. The van der Waals surface area contributed by atoms with Crippen LogP contribution in [-0.4, -0.2) is 0 Å². The van der Waals surface area contributed by atoms with Crippen LogP contribution in [0.1, 0.15) is 11.1 Å². The van der Waals surface area contributed by atoms with Crippen LogP contribution in [0.2, 0.25) is 0 Å². The number of hydrogen-bond acceptors (Lipinski definition) is 2. The molecule has 2 N–H and O–H groups in total. The van der Waals surface area contributed by atoms with E-state index in [1.165, 1.54) is 11.1 Å². The van der Waals surface area contributed by atoms with Crippen LogP contribution >= 0.6 is 11.8 Å². The van der Waals surface area contributed by atoms with E-state index in [-0.39, 0.29) is 0 Å². The van der Waals surface area contributed by atoms with Gasteiger partial charge in [0.25, 0.3) is 0 Å². The molecule has 0 aliphatic carbocycles. The van der Waals surface area contributed by atoms with Gasteiger partial charge in [-0.25, -0.2) is 0 Å². The summed E-state index contributed by atoms with van der Waals surface area (Å²) in [5, 5.41) is 0.676. The van der Waals surface area contributed by atoms with Crippen molar-refractivity contribution in [1.82, 2.24) is 0 Å². The first-order valence-corrected chi connectivity index (χ1v) is 4.80. The van der Waals surface area contributed by atoms with Crippen molar-refractivity contribution in [2.24, 2.45) is 5.73 Å². The highest BCUT2D eigenvalue weighted by molar-refractivity contribution is 8.02. The molecule has 1 aromatic carbocycles. The minimum atomic E-state index is 0.676. The predicted molar refractivity (Wildman–Crippen MR) is 55.8 cm³/mol. The molecule has 1 aromatic rings. The van der Waals surface area contributed by atoms with Gasteiger partial charge in [-0.1, -0.05) is 36.4 Å². The van der Waals surface area contributed by atoms with E-state index in [9.17, 15) is 0 Å². The molecule has 0 atom stereocenters. The highest BCUT2D eigenvalue weighted by Crippen LogP contribution is 2.15. The second-order valence-electron chi connectivity index (χ2n) is 2.74. The highest BCUT2D eigenvalue weighted by atomic mass is 32.2. The van der Waals surface area contributed by atoms with Gasteiger partial charge in [0.15, 0.2) is 0 Å². The first-order valence-electron chi connectivity index (χ1n) is 3.81. The third-order valence-electron chi connectivity index (χ3n) is 1.54. The average Bonchev–Trinajstić information content (AvgIpc) is 2.03. The third kappa shape index (κ3) is 3.01. The Bertz CT molecular complexity index is 264. The van der Waals surface area contributed by atoms with Crippen LogP contribution in [0, 0.1) is 6.92 Å². The van der Waals surface area contributed by atoms with Gasteiger partial charge in [0.2, 0.25) is 0 Å². The molecule has 0 amide bonds. The molecule has 0 aliphatic rings. The summed E-state index contributed by atoms with van der Waals surface area (Å²) in [6.07, 6.45) is 0. The van der Waals surface area contributed by atoms with Gasteiger partial charge in [-0.3, -0.25) is 0 Å². The fraction of sp³-hybridized carbons (Fsp3) is 0.200. The summed E-state index contributed by atoms with van der Waals surface area (Å²) in [7, 11) is 0. The standard InChI is InChI=1S/C10H13NS/c1-8-3-5-10(6-4-8)7-12-9(2)11/h3-6H,2,7,11H2,1H3. The summed E-state index contributed by atoms with van der Waals surface area (Å²) in [6.45, 7) is 5.71. The van der Waals surface area contributed by atoms with Crippen LogP contribution < -0.4 is 5.73 Å². The van der Waals surface area contributed by atoms with Gasteiger partial charge in [-0.2, -0.15) is 0 Å². The summed E-state index contributed by atoms with van der Waals surface area (Å²) < 4.78 is 0. The normalized spacial score (nSPS) is 9.75. The SMILES string of the molecule is C=C(N)SCc1ccc(C)cc1. The molecule has 0 aliphatic heterocycles. The Hall–Kier alpha value is -0.890. The molecule has 0 unspecified atom stereocenters. The fourth-order valence-corrected chi connectivity index (χ4v) is 1.40. The van der Waals surface area contributed by atoms with Crippen molar-refractivity contribution in [2.45, 2.75) is 12.7 Å². The van der Waals surface area contributed by atoms with E-state index in [1.54, 1.807) is 11.8 Å². The first kappa shape index (κ1) is 9.20. The van der Waals surface area contributed by atoms with E-state index in [2.05, 4.69) is 37.8 Å². The lowest BCUT2D eigenvalue weighted by molar-refractivity contribution is 1.36. The second kappa shape index (κ2) is 4.21. The van der Waals surface area contributed by atoms with Crippen LogP contribution in [0.25, 0.3) is 0 Å². The Kier molecular flexibility index (Phi) is 3.23. The van der Waals surface area contributed by atoms with Crippen LogP contribution in [0.5, 0.6) is 0 Å². The zero-order chi connectivity index (χ0) is 8.97. The Balaban J connectivity index is 2.53. The van der Waals surface area contributed by atoms with Crippen molar-refractivity contribution in [3.8, 4) is 0 Å². The van der Waals surface area contributed by atoms with Gasteiger partial charge in [0.05, 0.1) is 5.03 Å². The second-order valence-corrected chi connectivity index (χ2v) is 3.84. The zero-order valence-electron chi connectivity index (χ0n) is 7.21. The molecule has 12 heavy (non-hydrogen) atoms. The molecule has 0 bridgehead atoms. The maximum atomic E-state index is 5.44. The number of thioether (sulfide) groups is 1. The summed E-state index contributed by atoms with van der Waals surface area (Å²) in [6, 6.07) is 8.45. The van der Waals surface area contributed by atoms with E-state index in [4.69, 9.17) is 5.73 Å². The lowest BCUT2D eigenvalue weighted by Gasteiger charge is -2.00. The molecule has 0 saturated carbocycles. The summed E-state index contributed by atoms with van der Waals surface area (Å²) in [5.74, 6) is 0.912. The molecule has 0 aromatic heterocycles. The number of rotatable bonds is 3. The molecule has 2 heteroatoms. The molecule has 1 rings (SSSR count). The van der Waals surface area contributed by atoms with Crippen molar-refractivity contribution in [3.63, 3.8) is 0 Å². The van der Waals surface area contributed by atoms with Gasteiger partial charge in [0, 0.05) is 5.75 Å². The Morgan fingerprint density at radius 2 is 2.00 bits per heavy atom. The molecule has 0 heterocycles. The molecule has 0 saturated heterocycles. The first-order chi connectivity index (χ1) is 5.68. The van der Waals surface area contributed by atoms with E-state index in [0.717, 1.165) is 5.75 Å². The summed E-state index contributed by atoms with van der Waals surface area (Å²) >= 11 is 1.57. The van der Waals surface area contributed by atoms with E-state index in [1.807, 2.05) is 0 Å². The topological polar surface area (TPSA) is 26.0 Å². The Morgan fingerprint density at radius 1 is 1.42 bits per heavy atom. The minimum Gasteiger partial charge on any atom is -0.394 e. The van der Waals surface area contributed by atoms with Crippen LogP contribution in [-0.2, 0) is 5.75 Å². The highest BCUT2D eigenvalue weighted by Gasteiger charge is 1.92. The number of aryl methyl sites for hydroxylation is 1. The number of hydrogen-bond donors (Lipinski definition) is 1. The van der Waals surface area contributed by atoms with Crippen molar-refractivity contribution in [2.75, 3.05) is 0 Å². The summed E-state index contributed by atoms with van der Waals surface area (Å²) in [4.78, 5) is 0. The lowest BCUT2D eigenvalue weighted by atomic mass is 10.2. The monoisotopic (exact) mass is 179 g/mol. The Labute approximate surface area is 77.7 Å². The molecule has 64 valence electrons. The zero-order valence-corrected chi connectivity index (χ0v) is 8.03. The molecule has 0 spiro atoms. The summed E-state index contributed by atoms with van der Waals surface area (Å²) in [5.41, 5.74) is 8.02. The van der Waals surface area contributed by atoms with Crippen LogP contribution in [0.3, 0.4) is 0 Å². The van der Waals surface area contributed by atoms with E-state index >= 15 is 0 Å². The van der Waals surface area contributed by atoms with Crippen molar-refractivity contribution in [1.29, 1.82) is 0 Å². The van der Waals surface area contributed by atoms with Crippen molar-refractivity contribution >= 4 is 11.8 Å².